The molecule has 1 N–H and O–H groups in total. The fraction of sp³-hybridized carbons (Fsp3) is 0.538. The second-order valence-electron chi connectivity index (χ2n) is 5.04. The number of nitrogens with one attached hydrogen (secondary N) is 1. The lowest BCUT2D eigenvalue weighted by Crippen LogP contribution is -2.38. The average Bonchev–Trinajstić information content (AvgIpc) is 3.17. The molecule has 0 atom stereocenters. The number of aryl methyl sites for hydroxylation is 1. The van der Waals surface area contributed by atoms with Crippen molar-refractivity contribution in [2.75, 3.05) is 14.1 Å². The minimum absolute atomic E-state index is 0. The summed E-state index contributed by atoms with van der Waals surface area (Å²) in [6.45, 7) is 2.25. The predicted octanol–water partition coefficient (Wildman–Crippen LogP) is 1.04. The summed E-state index contributed by atoms with van der Waals surface area (Å²) in [4.78, 5) is 6.26. The summed E-state index contributed by atoms with van der Waals surface area (Å²) in [6.07, 6.45) is 3.74. The first kappa shape index (κ1) is 16.7. The lowest BCUT2D eigenvalue weighted by molar-refractivity contribution is 0.391. The van der Waals surface area contributed by atoms with Gasteiger partial charge >= 0.3 is 0 Å². The predicted molar refractivity (Wildman–Crippen MR) is 91.9 cm³/mol. The molecule has 120 valence electrons. The Morgan fingerprint density at radius 2 is 2.36 bits per heavy atom. The number of nitrogens with zero attached hydrogens (tertiary/aromatic N) is 6. The van der Waals surface area contributed by atoms with Crippen molar-refractivity contribution in [3.63, 3.8) is 0 Å². The fourth-order valence-corrected chi connectivity index (χ4v) is 2.52. The Kier molecular flexibility index (Phi) is 5.75. The highest BCUT2D eigenvalue weighted by Crippen LogP contribution is 2.13. The van der Waals surface area contributed by atoms with E-state index in [0.29, 0.717) is 13.1 Å². The first-order valence-corrected chi connectivity index (χ1v) is 7.00. The smallest absolute Gasteiger partial charge is 0.194 e. The molecule has 3 rings (SSSR count). The van der Waals surface area contributed by atoms with Crippen LogP contribution in [-0.2, 0) is 26.1 Å². The number of halogens is 1. The van der Waals surface area contributed by atoms with Gasteiger partial charge in [-0.25, -0.2) is 0 Å². The van der Waals surface area contributed by atoms with Gasteiger partial charge in [0.15, 0.2) is 11.8 Å². The Balaban J connectivity index is 0.00000176. The molecule has 22 heavy (non-hydrogen) atoms. The highest BCUT2D eigenvalue weighted by Gasteiger charge is 2.17. The Morgan fingerprint density at radius 3 is 3.09 bits per heavy atom. The zero-order valence-corrected chi connectivity index (χ0v) is 15.0. The molecule has 1 aliphatic rings. The van der Waals surface area contributed by atoms with Crippen LogP contribution in [0.1, 0.15) is 23.8 Å². The Labute approximate surface area is 146 Å². The molecule has 2 aromatic rings. The van der Waals surface area contributed by atoms with E-state index in [4.69, 9.17) is 4.52 Å². The van der Waals surface area contributed by atoms with Gasteiger partial charge in [-0.15, -0.1) is 34.2 Å². The quantitative estimate of drug-likeness (QED) is 0.455. The molecule has 0 spiro atoms. The molecule has 8 nitrogen and oxygen atoms in total. The van der Waals surface area contributed by atoms with Gasteiger partial charge < -0.3 is 19.3 Å². The summed E-state index contributed by atoms with van der Waals surface area (Å²) in [5.41, 5.74) is 0.865. The third-order valence-corrected chi connectivity index (χ3v) is 3.55. The molecule has 0 fully saturated rings. The SMILES string of the molecule is CN=C(NCc1nnc2n1CCC2)N(C)Cc1ccon1.I. The van der Waals surface area contributed by atoms with Crippen molar-refractivity contribution in [3.05, 3.63) is 29.7 Å². The molecular formula is C13H20IN7O. The van der Waals surface area contributed by atoms with Gasteiger partial charge in [-0.3, -0.25) is 4.99 Å². The highest BCUT2D eigenvalue weighted by atomic mass is 127. The van der Waals surface area contributed by atoms with Crippen LogP contribution < -0.4 is 5.32 Å². The zero-order chi connectivity index (χ0) is 14.7. The number of hydrogen-bond donors (Lipinski definition) is 1. The fourth-order valence-electron chi connectivity index (χ4n) is 2.52. The van der Waals surface area contributed by atoms with E-state index in [1.165, 1.54) is 0 Å². The molecule has 1 aliphatic heterocycles. The molecule has 0 unspecified atom stereocenters. The van der Waals surface area contributed by atoms with Crippen LogP contribution in [0, 0.1) is 0 Å². The molecular weight excluding hydrogens is 397 g/mol. The first-order chi connectivity index (χ1) is 10.3. The van der Waals surface area contributed by atoms with E-state index in [-0.39, 0.29) is 24.0 Å². The van der Waals surface area contributed by atoms with E-state index in [1.54, 1.807) is 13.3 Å². The third kappa shape index (κ3) is 3.57. The van der Waals surface area contributed by atoms with E-state index in [1.807, 2.05) is 18.0 Å². The molecule has 0 bridgehead atoms. The van der Waals surface area contributed by atoms with Crippen LogP contribution in [0.5, 0.6) is 0 Å². The minimum atomic E-state index is 0. The van der Waals surface area contributed by atoms with Crippen LogP contribution >= 0.6 is 24.0 Å². The van der Waals surface area contributed by atoms with E-state index in [0.717, 1.165) is 42.7 Å². The van der Waals surface area contributed by atoms with Gasteiger partial charge in [0.1, 0.15) is 17.8 Å². The standard InChI is InChI=1S/C13H19N7O.HI/c1-14-13(19(2)9-10-5-7-21-18-10)15-8-12-17-16-11-4-3-6-20(11)12;/h5,7H,3-4,6,8-9H2,1-2H3,(H,14,15);1H. The maximum absolute atomic E-state index is 4.84. The van der Waals surface area contributed by atoms with Gasteiger partial charge in [-0.2, -0.15) is 0 Å². The van der Waals surface area contributed by atoms with Crippen LogP contribution in [-0.4, -0.2) is 44.9 Å². The second-order valence-corrected chi connectivity index (χ2v) is 5.04. The van der Waals surface area contributed by atoms with Crippen molar-refractivity contribution < 1.29 is 4.52 Å². The number of guanidine groups is 1. The van der Waals surface area contributed by atoms with Crippen molar-refractivity contribution >= 4 is 29.9 Å². The van der Waals surface area contributed by atoms with E-state index in [9.17, 15) is 0 Å². The summed E-state index contributed by atoms with van der Waals surface area (Å²) >= 11 is 0. The van der Waals surface area contributed by atoms with E-state index >= 15 is 0 Å². The summed E-state index contributed by atoms with van der Waals surface area (Å²) in [5.74, 6) is 2.82. The van der Waals surface area contributed by atoms with Crippen molar-refractivity contribution in [1.29, 1.82) is 0 Å². The van der Waals surface area contributed by atoms with Gasteiger partial charge in [0.25, 0.3) is 0 Å². The summed E-state index contributed by atoms with van der Waals surface area (Å²) in [7, 11) is 3.72. The van der Waals surface area contributed by atoms with Crippen molar-refractivity contribution in [2.24, 2.45) is 4.99 Å². The van der Waals surface area contributed by atoms with Crippen LogP contribution in [0.4, 0.5) is 0 Å². The van der Waals surface area contributed by atoms with Crippen molar-refractivity contribution in [1.82, 2.24) is 30.1 Å². The Morgan fingerprint density at radius 1 is 1.50 bits per heavy atom. The Hall–Kier alpha value is -1.65. The van der Waals surface area contributed by atoms with Gasteiger partial charge in [0.05, 0.1) is 13.1 Å². The number of aromatic nitrogens is 4. The maximum Gasteiger partial charge on any atom is 0.194 e. The molecule has 0 aliphatic carbocycles. The highest BCUT2D eigenvalue weighted by molar-refractivity contribution is 14.0. The van der Waals surface area contributed by atoms with Crippen molar-refractivity contribution in [3.8, 4) is 0 Å². The molecule has 3 heterocycles. The third-order valence-electron chi connectivity index (χ3n) is 3.55. The van der Waals surface area contributed by atoms with Gasteiger partial charge in [-0.1, -0.05) is 5.16 Å². The molecule has 0 radical (unpaired) electrons. The van der Waals surface area contributed by atoms with Gasteiger partial charge in [0.2, 0.25) is 0 Å². The van der Waals surface area contributed by atoms with E-state index < -0.39 is 0 Å². The lowest BCUT2D eigenvalue weighted by Gasteiger charge is -2.20. The molecule has 0 saturated carbocycles. The molecule has 0 saturated heterocycles. The summed E-state index contributed by atoms with van der Waals surface area (Å²) in [5, 5.41) is 15.6. The van der Waals surface area contributed by atoms with Gasteiger partial charge in [0, 0.05) is 33.1 Å². The number of rotatable bonds is 4. The average molecular weight is 417 g/mol. The zero-order valence-electron chi connectivity index (χ0n) is 12.7. The largest absolute Gasteiger partial charge is 0.364 e. The number of hydrogen-bond acceptors (Lipinski definition) is 5. The van der Waals surface area contributed by atoms with E-state index in [2.05, 4.69) is 30.2 Å². The Bertz CT molecular complexity index is 622. The second kappa shape index (κ2) is 7.56. The molecule has 0 amide bonds. The minimum Gasteiger partial charge on any atom is -0.364 e. The monoisotopic (exact) mass is 417 g/mol. The van der Waals surface area contributed by atoms with Crippen LogP contribution in [0.2, 0.25) is 0 Å². The number of aliphatic imine (C=N–C) groups is 1. The van der Waals surface area contributed by atoms with Crippen LogP contribution in [0.15, 0.2) is 21.8 Å². The first-order valence-electron chi connectivity index (χ1n) is 7.00. The van der Waals surface area contributed by atoms with Gasteiger partial charge in [-0.05, 0) is 6.42 Å². The topological polar surface area (TPSA) is 84.4 Å². The summed E-state index contributed by atoms with van der Waals surface area (Å²) in [6, 6.07) is 1.84. The summed E-state index contributed by atoms with van der Waals surface area (Å²) < 4.78 is 7.02. The van der Waals surface area contributed by atoms with Crippen LogP contribution in [0.3, 0.4) is 0 Å². The van der Waals surface area contributed by atoms with Crippen LogP contribution in [0.25, 0.3) is 0 Å². The molecule has 2 aromatic heterocycles. The van der Waals surface area contributed by atoms with Crippen molar-refractivity contribution in [2.45, 2.75) is 32.5 Å². The number of fused-ring (bicyclic) bond motifs is 1. The molecule has 9 heteroatoms. The molecule has 0 aromatic carbocycles. The maximum atomic E-state index is 4.84. The normalized spacial score (nSPS) is 13.6. The lowest BCUT2D eigenvalue weighted by atomic mass is 10.4.